The molecule has 0 saturated carbocycles. The number of benzene rings is 2. The van der Waals surface area contributed by atoms with Gasteiger partial charge in [-0.15, -0.1) is 0 Å². The zero-order chi connectivity index (χ0) is 19.7. The van der Waals surface area contributed by atoms with Gasteiger partial charge in [-0.2, -0.15) is 0 Å². The van der Waals surface area contributed by atoms with Crippen LogP contribution in [0.2, 0.25) is 0 Å². The van der Waals surface area contributed by atoms with Crippen LogP contribution in [-0.2, 0) is 24.4 Å². The van der Waals surface area contributed by atoms with Crippen LogP contribution in [0.15, 0.2) is 53.3 Å². The summed E-state index contributed by atoms with van der Waals surface area (Å²) < 4.78 is 6.92. The van der Waals surface area contributed by atoms with Gasteiger partial charge in [-0.3, -0.25) is 19.1 Å². The number of aromatic nitrogens is 2. The molecule has 0 radical (unpaired) electrons. The molecule has 0 unspecified atom stereocenters. The van der Waals surface area contributed by atoms with Gasteiger partial charge in [0.05, 0.1) is 17.4 Å². The minimum absolute atomic E-state index is 0.174. The minimum Gasteiger partial charge on any atom is -0.445 e. The Labute approximate surface area is 161 Å². The van der Waals surface area contributed by atoms with Gasteiger partial charge in [-0.05, 0) is 18.6 Å². The van der Waals surface area contributed by atoms with Crippen molar-refractivity contribution in [2.45, 2.75) is 26.6 Å². The number of fused-ring (bicyclic) bond motifs is 2. The SMILES string of the molecule is CC(=O)c1cccc2nc3n(c(=O)c12)CCN(C(=O)OCc1ccccc1)C3. The standard InChI is InChI=1S/C21H19N3O4/c1-14(25)16-8-5-9-17-19(16)20(26)24-11-10-23(12-18(24)22-17)21(27)28-13-15-6-3-2-4-7-15/h2-9H,10-13H2,1H3. The molecule has 1 amide bonds. The first kappa shape index (κ1) is 17.9. The maximum absolute atomic E-state index is 12.9. The average molecular weight is 377 g/mol. The van der Waals surface area contributed by atoms with Crippen molar-refractivity contribution in [3.63, 3.8) is 0 Å². The Balaban J connectivity index is 1.59. The molecule has 0 saturated heterocycles. The Morgan fingerprint density at radius 3 is 2.61 bits per heavy atom. The number of carbonyl (C=O) groups excluding carboxylic acids is 2. The molecule has 0 aliphatic carbocycles. The number of ketones is 1. The maximum atomic E-state index is 12.9. The molecule has 0 atom stereocenters. The Morgan fingerprint density at radius 2 is 1.86 bits per heavy atom. The first-order valence-electron chi connectivity index (χ1n) is 9.03. The van der Waals surface area contributed by atoms with E-state index in [-0.39, 0.29) is 24.5 Å². The van der Waals surface area contributed by atoms with Crippen molar-refractivity contribution in [2.75, 3.05) is 6.54 Å². The van der Waals surface area contributed by atoms with Gasteiger partial charge < -0.3 is 4.74 Å². The summed E-state index contributed by atoms with van der Waals surface area (Å²) in [7, 11) is 0. The predicted octanol–water partition coefficient (Wildman–Crippen LogP) is 2.75. The molecule has 0 spiro atoms. The fraction of sp³-hybridized carbons (Fsp3) is 0.238. The molecule has 2 heterocycles. The van der Waals surface area contributed by atoms with E-state index in [2.05, 4.69) is 4.98 Å². The van der Waals surface area contributed by atoms with Gasteiger partial charge in [0.25, 0.3) is 5.56 Å². The van der Waals surface area contributed by atoms with Crippen LogP contribution in [0.5, 0.6) is 0 Å². The van der Waals surface area contributed by atoms with E-state index in [1.807, 2.05) is 30.3 Å². The highest BCUT2D eigenvalue weighted by Gasteiger charge is 2.25. The fourth-order valence-corrected chi connectivity index (χ4v) is 3.39. The molecular weight excluding hydrogens is 358 g/mol. The van der Waals surface area contributed by atoms with Crippen LogP contribution in [0, 0.1) is 0 Å². The van der Waals surface area contributed by atoms with Crippen LogP contribution in [0.4, 0.5) is 4.79 Å². The van der Waals surface area contributed by atoms with Crippen molar-refractivity contribution in [1.82, 2.24) is 14.5 Å². The molecule has 0 N–H and O–H groups in total. The van der Waals surface area contributed by atoms with E-state index >= 15 is 0 Å². The normalized spacial score (nSPS) is 13.2. The van der Waals surface area contributed by atoms with Crippen molar-refractivity contribution in [3.8, 4) is 0 Å². The van der Waals surface area contributed by atoms with E-state index in [0.717, 1.165) is 5.56 Å². The first-order chi connectivity index (χ1) is 13.5. The lowest BCUT2D eigenvalue weighted by Crippen LogP contribution is -2.43. The third-order valence-electron chi connectivity index (χ3n) is 4.83. The number of carbonyl (C=O) groups is 2. The second-order valence-corrected chi connectivity index (χ2v) is 6.70. The summed E-state index contributed by atoms with van der Waals surface area (Å²) in [6.45, 7) is 2.46. The predicted molar refractivity (Wildman–Crippen MR) is 103 cm³/mol. The van der Waals surface area contributed by atoms with Crippen molar-refractivity contribution in [3.05, 3.63) is 75.8 Å². The zero-order valence-corrected chi connectivity index (χ0v) is 15.4. The summed E-state index contributed by atoms with van der Waals surface area (Å²) in [5, 5.41) is 0.332. The second kappa shape index (κ2) is 7.26. The number of rotatable bonds is 3. The number of ether oxygens (including phenoxy) is 1. The van der Waals surface area contributed by atoms with Gasteiger partial charge in [-0.25, -0.2) is 9.78 Å². The molecule has 28 heavy (non-hydrogen) atoms. The molecule has 0 bridgehead atoms. The lowest BCUT2D eigenvalue weighted by molar-refractivity contribution is 0.0855. The van der Waals surface area contributed by atoms with E-state index < -0.39 is 6.09 Å². The monoisotopic (exact) mass is 377 g/mol. The van der Waals surface area contributed by atoms with Crippen molar-refractivity contribution >= 4 is 22.8 Å². The number of amides is 1. The molecule has 1 aliphatic heterocycles. The smallest absolute Gasteiger partial charge is 0.410 e. The van der Waals surface area contributed by atoms with Gasteiger partial charge in [0.1, 0.15) is 12.4 Å². The van der Waals surface area contributed by atoms with Gasteiger partial charge in [-0.1, -0.05) is 42.5 Å². The summed E-state index contributed by atoms with van der Waals surface area (Å²) in [5.41, 5.74) is 1.49. The van der Waals surface area contributed by atoms with Crippen LogP contribution in [-0.4, -0.2) is 32.9 Å². The Morgan fingerprint density at radius 1 is 1.07 bits per heavy atom. The van der Waals surface area contributed by atoms with Crippen LogP contribution in [0.25, 0.3) is 10.9 Å². The molecule has 4 rings (SSSR count). The Kier molecular flexibility index (Phi) is 4.65. The minimum atomic E-state index is -0.443. The van der Waals surface area contributed by atoms with Crippen molar-refractivity contribution in [1.29, 1.82) is 0 Å². The zero-order valence-electron chi connectivity index (χ0n) is 15.4. The largest absolute Gasteiger partial charge is 0.445 e. The topological polar surface area (TPSA) is 81.5 Å². The average Bonchev–Trinajstić information content (AvgIpc) is 2.72. The van der Waals surface area contributed by atoms with Crippen LogP contribution < -0.4 is 5.56 Å². The summed E-state index contributed by atoms with van der Waals surface area (Å²) >= 11 is 0. The van der Waals surface area contributed by atoms with Gasteiger partial charge >= 0.3 is 6.09 Å². The molecular formula is C21H19N3O4. The van der Waals surface area contributed by atoms with Gasteiger partial charge in [0.15, 0.2) is 5.78 Å². The van der Waals surface area contributed by atoms with Crippen molar-refractivity contribution < 1.29 is 14.3 Å². The summed E-state index contributed by atoms with van der Waals surface area (Å²) in [5.74, 6) is 0.313. The first-order valence-corrected chi connectivity index (χ1v) is 9.03. The fourth-order valence-electron chi connectivity index (χ4n) is 3.39. The Hall–Kier alpha value is -3.48. The molecule has 2 aromatic carbocycles. The highest BCUT2D eigenvalue weighted by atomic mass is 16.6. The molecule has 1 aromatic heterocycles. The van der Waals surface area contributed by atoms with Gasteiger partial charge in [0, 0.05) is 18.7 Å². The maximum Gasteiger partial charge on any atom is 0.410 e. The number of hydrogen-bond donors (Lipinski definition) is 0. The quantitative estimate of drug-likeness (QED) is 0.656. The molecule has 3 aromatic rings. The summed E-state index contributed by atoms with van der Waals surface area (Å²) in [6, 6.07) is 14.5. The third-order valence-corrected chi connectivity index (χ3v) is 4.83. The summed E-state index contributed by atoms with van der Waals surface area (Å²) in [6.07, 6.45) is -0.443. The summed E-state index contributed by atoms with van der Waals surface area (Å²) in [4.78, 5) is 43.3. The lowest BCUT2D eigenvalue weighted by Gasteiger charge is -2.28. The molecule has 7 nitrogen and oxygen atoms in total. The van der Waals surface area contributed by atoms with Gasteiger partial charge in [0.2, 0.25) is 0 Å². The second-order valence-electron chi connectivity index (χ2n) is 6.70. The van der Waals surface area contributed by atoms with Crippen LogP contribution >= 0.6 is 0 Å². The molecule has 1 aliphatic rings. The molecule has 142 valence electrons. The van der Waals surface area contributed by atoms with E-state index in [0.29, 0.717) is 35.4 Å². The number of nitrogens with zero attached hydrogens (tertiary/aromatic N) is 3. The lowest BCUT2D eigenvalue weighted by atomic mass is 10.1. The molecule has 0 fully saturated rings. The van der Waals surface area contributed by atoms with E-state index in [1.54, 1.807) is 18.2 Å². The highest BCUT2D eigenvalue weighted by molar-refractivity contribution is 6.05. The molecule has 7 heteroatoms. The highest BCUT2D eigenvalue weighted by Crippen LogP contribution is 2.18. The van der Waals surface area contributed by atoms with Crippen LogP contribution in [0.3, 0.4) is 0 Å². The van der Waals surface area contributed by atoms with Crippen molar-refractivity contribution in [2.24, 2.45) is 0 Å². The van der Waals surface area contributed by atoms with E-state index in [4.69, 9.17) is 4.74 Å². The van der Waals surface area contributed by atoms with E-state index in [9.17, 15) is 14.4 Å². The number of hydrogen-bond acceptors (Lipinski definition) is 5. The van der Waals surface area contributed by atoms with Crippen LogP contribution in [0.1, 0.15) is 28.7 Å². The third kappa shape index (κ3) is 3.26. The Bertz CT molecular complexity index is 1120. The van der Waals surface area contributed by atoms with E-state index in [1.165, 1.54) is 16.4 Å². The number of Topliss-reactive ketones (excluding diaryl/α,β-unsaturated/α-hetero) is 1.